The van der Waals surface area contributed by atoms with E-state index in [-0.39, 0.29) is 0 Å². The van der Waals surface area contributed by atoms with Gasteiger partial charge in [0, 0.05) is 12.3 Å². The molecule has 1 rings (SSSR count). The zero-order chi connectivity index (χ0) is 12.5. The number of rotatable bonds is 8. The second kappa shape index (κ2) is 8.13. The van der Waals surface area contributed by atoms with E-state index in [1.165, 1.54) is 25.7 Å². The smallest absolute Gasteiger partial charge is 0.0717 e. The molecule has 1 aromatic carbocycles. The lowest BCUT2D eigenvalue weighted by Gasteiger charge is -2.14. The number of hydrogen-bond donors (Lipinski definition) is 1. The van der Waals surface area contributed by atoms with Crippen molar-refractivity contribution in [3.63, 3.8) is 0 Å². The topological polar surface area (TPSA) is 35.2 Å². The summed E-state index contributed by atoms with van der Waals surface area (Å²) in [5.74, 6) is 0.705. The molecule has 0 saturated carbocycles. The van der Waals surface area contributed by atoms with Crippen LogP contribution in [0, 0.1) is 5.92 Å². The van der Waals surface area contributed by atoms with E-state index in [1.54, 1.807) is 0 Å². The Hall–Kier alpha value is -1.02. The van der Waals surface area contributed by atoms with Gasteiger partial charge in [-0.2, -0.15) is 0 Å². The van der Waals surface area contributed by atoms with E-state index >= 15 is 0 Å². The normalized spacial score (nSPS) is 12.6. The van der Waals surface area contributed by atoms with Crippen LogP contribution in [0.15, 0.2) is 24.3 Å². The Labute approximate surface area is 105 Å². The van der Waals surface area contributed by atoms with E-state index in [4.69, 9.17) is 10.5 Å². The summed E-state index contributed by atoms with van der Waals surface area (Å²) in [6.45, 7) is 6.02. The molecule has 0 fully saturated rings. The van der Waals surface area contributed by atoms with Gasteiger partial charge in [0.25, 0.3) is 0 Å². The third-order valence-corrected chi connectivity index (χ3v) is 3.12. The average Bonchev–Trinajstić information content (AvgIpc) is 2.33. The van der Waals surface area contributed by atoms with E-state index in [9.17, 15) is 0 Å². The Kier molecular flexibility index (Phi) is 6.71. The first-order valence-corrected chi connectivity index (χ1v) is 6.68. The zero-order valence-corrected chi connectivity index (χ0v) is 11.1. The third-order valence-electron chi connectivity index (χ3n) is 3.12. The van der Waals surface area contributed by atoms with Crippen LogP contribution in [-0.4, -0.2) is 6.61 Å². The lowest BCUT2D eigenvalue weighted by molar-refractivity contribution is 0.0820. The summed E-state index contributed by atoms with van der Waals surface area (Å²) in [5.41, 5.74) is 7.70. The Bertz CT molecular complexity index is 312. The maximum atomic E-state index is 5.77. The number of anilines is 1. The van der Waals surface area contributed by atoms with Crippen molar-refractivity contribution in [2.75, 3.05) is 12.3 Å². The highest BCUT2D eigenvalue weighted by atomic mass is 16.5. The molecular weight excluding hydrogens is 210 g/mol. The SMILES string of the molecule is CCCCC(CC)COCc1cccc(N)c1. The van der Waals surface area contributed by atoms with Crippen molar-refractivity contribution in [2.24, 2.45) is 5.92 Å². The Morgan fingerprint density at radius 1 is 1.29 bits per heavy atom. The van der Waals surface area contributed by atoms with Crippen LogP contribution in [0.1, 0.15) is 45.1 Å². The Morgan fingerprint density at radius 2 is 2.12 bits per heavy atom. The number of benzene rings is 1. The summed E-state index contributed by atoms with van der Waals surface area (Å²) in [7, 11) is 0. The number of nitrogens with two attached hydrogens (primary N) is 1. The van der Waals surface area contributed by atoms with Gasteiger partial charge in [0.1, 0.15) is 0 Å². The highest BCUT2D eigenvalue weighted by Gasteiger charge is 2.05. The summed E-state index contributed by atoms with van der Waals surface area (Å²) in [6, 6.07) is 7.92. The van der Waals surface area contributed by atoms with E-state index in [1.807, 2.05) is 18.2 Å². The molecule has 0 aliphatic carbocycles. The summed E-state index contributed by atoms with van der Waals surface area (Å²) in [5, 5.41) is 0. The summed E-state index contributed by atoms with van der Waals surface area (Å²) < 4.78 is 5.77. The number of nitrogen functional groups attached to an aromatic ring is 1. The molecule has 0 bridgehead atoms. The van der Waals surface area contributed by atoms with Gasteiger partial charge < -0.3 is 10.5 Å². The van der Waals surface area contributed by atoms with Gasteiger partial charge in [-0.1, -0.05) is 45.2 Å². The summed E-state index contributed by atoms with van der Waals surface area (Å²) >= 11 is 0. The summed E-state index contributed by atoms with van der Waals surface area (Å²) in [6.07, 6.45) is 5.06. The molecule has 17 heavy (non-hydrogen) atoms. The van der Waals surface area contributed by atoms with Crippen LogP contribution in [0.2, 0.25) is 0 Å². The fraction of sp³-hybridized carbons (Fsp3) is 0.600. The highest BCUT2D eigenvalue weighted by Crippen LogP contribution is 2.14. The molecule has 0 aliphatic heterocycles. The number of hydrogen-bond acceptors (Lipinski definition) is 2. The van der Waals surface area contributed by atoms with Gasteiger partial charge >= 0.3 is 0 Å². The van der Waals surface area contributed by atoms with Crippen molar-refractivity contribution in [2.45, 2.75) is 46.1 Å². The molecule has 0 heterocycles. The first-order chi connectivity index (χ1) is 8.26. The fourth-order valence-corrected chi connectivity index (χ4v) is 1.92. The molecule has 2 N–H and O–H groups in total. The van der Waals surface area contributed by atoms with E-state index in [0.29, 0.717) is 12.5 Å². The van der Waals surface area contributed by atoms with Gasteiger partial charge in [0.15, 0.2) is 0 Å². The standard InChI is InChI=1S/C15H25NO/c1-3-5-7-13(4-2)11-17-12-14-8-6-9-15(16)10-14/h6,8-10,13H,3-5,7,11-12,16H2,1-2H3. The molecule has 0 saturated heterocycles. The number of ether oxygens (including phenoxy) is 1. The van der Waals surface area contributed by atoms with Crippen LogP contribution < -0.4 is 5.73 Å². The lowest BCUT2D eigenvalue weighted by atomic mass is 10.0. The molecule has 96 valence electrons. The molecule has 1 aromatic rings. The minimum Gasteiger partial charge on any atom is -0.399 e. The van der Waals surface area contributed by atoms with Gasteiger partial charge in [-0.25, -0.2) is 0 Å². The first kappa shape index (κ1) is 14.0. The minimum absolute atomic E-state index is 0.674. The van der Waals surface area contributed by atoms with E-state index in [2.05, 4.69) is 19.9 Å². The van der Waals surface area contributed by atoms with Gasteiger partial charge in [-0.15, -0.1) is 0 Å². The van der Waals surface area contributed by atoms with Crippen molar-refractivity contribution < 1.29 is 4.74 Å². The molecule has 0 radical (unpaired) electrons. The Balaban J connectivity index is 2.26. The summed E-state index contributed by atoms with van der Waals surface area (Å²) in [4.78, 5) is 0. The van der Waals surface area contributed by atoms with Crippen molar-refractivity contribution >= 4 is 5.69 Å². The highest BCUT2D eigenvalue weighted by molar-refractivity contribution is 5.40. The van der Waals surface area contributed by atoms with Crippen LogP contribution in [0.5, 0.6) is 0 Å². The lowest BCUT2D eigenvalue weighted by Crippen LogP contribution is -2.08. The molecule has 0 amide bonds. The van der Waals surface area contributed by atoms with Crippen LogP contribution >= 0.6 is 0 Å². The van der Waals surface area contributed by atoms with Crippen LogP contribution in [-0.2, 0) is 11.3 Å². The predicted molar refractivity (Wildman–Crippen MR) is 73.8 cm³/mol. The fourth-order valence-electron chi connectivity index (χ4n) is 1.92. The maximum Gasteiger partial charge on any atom is 0.0717 e. The molecule has 0 spiro atoms. The van der Waals surface area contributed by atoms with Gasteiger partial charge in [-0.3, -0.25) is 0 Å². The molecule has 2 nitrogen and oxygen atoms in total. The monoisotopic (exact) mass is 235 g/mol. The molecule has 0 aromatic heterocycles. The Morgan fingerprint density at radius 3 is 2.76 bits per heavy atom. The quantitative estimate of drug-likeness (QED) is 0.691. The molecule has 0 aliphatic rings. The second-order valence-electron chi connectivity index (χ2n) is 4.68. The van der Waals surface area contributed by atoms with Crippen molar-refractivity contribution in [3.8, 4) is 0 Å². The zero-order valence-electron chi connectivity index (χ0n) is 11.1. The molecule has 1 unspecified atom stereocenters. The van der Waals surface area contributed by atoms with Crippen molar-refractivity contribution in [3.05, 3.63) is 29.8 Å². The van der Waals surface area contributed by atoms with Crippen molar-refractivity contribution in [1.82, 2.24) is 0 Å². The van der Waals surface area contributed by atoms with Crippen LogP contribution in [0.25, 0.3) is 0 Å². The molecule has 1 atom stereocenters. The number of unbranched alkanes of at least 4 members (excludes halogenated alkanes) is 1. The van der Waals surface area contributed by atoms with Gasteiger partial charge in [0.2, 0.25) is 0 Å². The molecule has 2 heteroatoms. The maximum absolute atomic E-state index is 5.77. The van der Waals surface area contributed by atoms with Crippen molar-refractivity contribution in [1.29, 1.82) is 0 Å². The third kappa shape index (κ3) is 5.73. The predicted octanol–water partition coefficient (Wildman–Crippen LogP) is 4.00. The van der Waals surface area contributed by atoms with Crippen LogP contribution in [0.4, 0.5) is 5.69 Å². The van der Waals surface area contributed by atoms with E-state index in [0.717, 1.165) is 17.9 Å². The first-order valence-electron chi connectivity index (χ1n) is 6.68. The second-order valence-corrected chi connectivity index (χ2v) is 4.68. The van der Waals surface area contributed by atoms with E-state index < -0.39 is 0 Å². The largest absolute Gasteiger partial charge is 0.399 e. The van der Waals surface area contributed by atoms with Gasteiger partial charge in [-0.05, 0) is 30.0 Å². The molecular formula is C15H25NO. The average molecular weight is 235 g/mol. The van der Waals surface area contributed by atoms with Gasteiger partial charge in [0.05, 0.1) is 6.61 Å². The van der Waals surface area contributed by atoms with Crippen LogP contribution in [0.3, 0.4) is 0 Å². The minimum atomic E-state index is 0.674.